The van der Waals surface area contributed by atoms with Crippen LogP contribution in [0.4, 0.5) is 5.82 Å². The molecule has 2 atom stereocenters. The lowest BCUT2D eigenvalue weighted by atomic mass is 10.00. The molecule has 0 saturated carbocycles. The highest BCUT2D eigenvalue weighted by Gasteiger charge is 2.41. The molecule has 1 aromatic heterocycles. The first-order chi connectivity index (χ1) is 8.69. The second kappa shape index (κ2) is 4.55. The fraction of sp³-hybridized carbons (Fsp3) is 0.667. The second-order valence-corrected chi connectivity index (χ2v) is 5.35. The van der Waals surface area contributed by atoms with Crippen LogP contribution in [-0.4, -0.2) is 40.4 Å². The fourth-order valence-electron chi connectivity index (χ4n) is 3.12. The van der Waals surface area contributed by atoms with Crippen molar-refractivity contribution < 1.29 is 9.84 Å². The monoisotopic (exact) mass is 269 g/mol. The number of methoxy groups -OCH3 is 1. The van der Waals surface area contributed by atoms with Crippen LogP contribution in [0.2, 0.25) is 5.02 Å². The lowest BCUT2D eigenvalue weighted by Crippen LogP contribution is -2.45. The van der Waals surface area contributed by atoms with E-state index in [2.05, 4.69) is 14.9 Å². The van der Waals surface area contributed by atoms with Gasteiger partial charge in [-0.3, -0.25) is 0 Å². The van der Waals surface area contributed by atoms with Crippen LogP contribution in [0, 0.1) is 0 Å². The van der Waals surface area contributed by atoms with E-state index in [-0.39, 0.29) is 6.10 Å². The van der Waals surface area contributed by atoms with E-state index in [1.807, 2.05) is 0 Å². The van der Waals surface area contributed by atoms with Crippen molar-refractivity contribution in [2.24, 2.45) is 0 Å². The molecule has 2 bridgehead atoms. The quantitative estimate of drug-likeness (QED) is 0.884. The van der Waals surface area contributed by atoms with Gasteiger partial charge in [0.15, 0.2) is 5.82 Å². The molecule has 0 radical (unpaired) electrons. The molecule has 2 aliphatic rings. The number of nitrogens with zero attached hydrogens (tertiary/aromatic N) is 3. The van der Waals surface area contributed by atoms with E-state index in [1.165, 1.54) is 0 Å². The zero-order chi connectivity index (χ0) is 12.7. The normalized spacial score (nSPS) is 30.6. The number of piperidine rings is 1. The van der Waals surface area contributed by atoms with Gasteiger partial charge in [0, 0.05) is 12.1 Å². The number of aromatic nitrogens is 2. The summed E-state index contributed by atoms with van der Waals surface area (Å²) in [5, 5.41) is 10.4. The Kier molecular flexibility index (Phi) is 3.03. The lowest BCUT2D eigenvalue weighted by Gasteiger charge is -2.38. The average Bonchev–Trinajstić information content (AvgIpc) is 2.63. The Morgan fingerprint density at radius 3 is 2.67 bits per heavy atom. The fourth-order valence-corrected chi connectivity index (χ4v) is 3.30. The minimum Gasteiger partial charge on any atom is -0.467 e. The number of anilines is 1. The van der Waals surface area contributed by atoms with E-state index >= 15 is 0 Å². The molecule has 5 nitrogen and oxygen atoms in total. The first kappa shape index (κ1) is 12.0. The standard InChI is InChI=1S/C12H16ClN3O2/c1-18-12-14-6-10(13)11(15-12)16-7-2-3-8(16)5-9(17)4-7/h6-9,17H,2-5H2,1H3. The Labute approximate surface area is 111 Å². The topological polar surface area (TPSA) is 58.5 Å². The predicted octanol–water partition coefficient (Wildman–Crippen LogP) is 1.63. The molecule has 0 aromatic carbocycles. The maximum Gasteiger partial charge on any atom is 0.318 e. The van der Waals surface area contributed by atoms with E-state index < -0.39 is 0 Å². The van der Waals surface area contributed by atoms with Crippen molar-refractivity contribution >= 4 is 17.4 Å². The summed E-state index contributed by atoms with van der Waals surface area (Å²) in [7, 11) is 1.54. The van der Waals surface area contributed by atoms with Gasteiger partial charge in [-0.25, -0.2) is 4.98 Å². The Balaban J connectivity index is 1.95. The summed E-state index contributed by atoms with van der Waals surface area (Å²) in [6.07, 6.45) is 5.14. The van der Waals surface area contributed by atoms with Crippen LogP contribution in [0.25, 0.3) is 0 Å². The molecule has 98 valence electrons. The van der Waals surface area contributed by atoms with Crippen LogP contribution < -0.4 is 9.64 Å². The predicted molar refractivity (Wildman–Crippen MR) is 68.1 cm³/mol. The maximum absolute atomic E-state index is 9.81. The Morgan fingerprint density at radius 2 is 2.06 bits per heavy atom. The van der Waals surface area contributed by atoms with Gasteiger partial charge < -0.3 is 14.7 Å². The van der Waals surface area contributed by atoms with E-state index in [0.29, 0.717) is 23.1 Å². The van der Waals surface area contributed by atoms with Crippen molar-refractivity contribution in [2.45, 2.75) is 43.9 Å². The second-order valence-electron chi connectivity index (χ2n) is 4.95. The zero-order valence-corrected chi connectivity index (χ0v) is 11.0. The van der Waals surface area contributed by atoms with E-state index in [0.717, 1.165) is 31.5 Å². The van der Waals surface area contributed by atoms with Gasteiger partial charge >= 0.3 is 6.01 Å². The molecule has 0 aliphatic carbocycles. The van der Waals surface area contributed by atoms with Crippen molar-refractivity contribution in [2.75, 3.05) is 12.0 Å². The van der Waals surface area contributed by atoms with Gasteiger partial charge in [-0.2, -0.15) is 4.98 Å². The number of fused-ring (bicyclic) bond motifs is 2. The van der Waals surface area contributed by atoms with Crippen molar-refractivity contribution in [3.8, 4) is 6.01 Å². The summed E-state index contributed by atoms with van der Waals surface area (Å²) in [6, 6.07) is 0.992. The summed E-state index contributed by atoms with van der Waals surface area (Å²) in [4.78, 5) is 10.6. The molecule has 18 heavy (non-hydrogen) atoms. The van der Waals surface area contributed by atoms with Gasteiger partial charge in [-0.1, -0.05) is 11.6 Å². The third-order valence-corrected chi connectivity index (χ3v) is 4.11. The molecule has 2 aliphatic heterocycles. The Hall–Kier alpha value is -1.07. The molecule has 3 heterocycles. The summed E-state index contributed by atoms with van der Waals surface area (Å²) in [5.74, 6) is 0.739. The zero-order valence-electron chi connectivity index (χ0n) is 10.2. The summed E-state index contributed by atoms with van der Waals surface area (Å²) in [6.45, 7) is 0. The van der Waals surface area contributed by atoms with Crippen molar-refractivity contribution in [1.29, 1.82) is 0 Å². The van der Waals surface area contributed by atoms with Gasteiger partial charge in [0.2, 0.25) is 0 Å². The summed E-state index contributed by atoms with van der Waals surface area (Å²) >= 11 is 6.20. The molecule has 2 unspecified atom stereocenters. The highest BCUT2D eigenvalue weighted by atomic mass is 35.5. The molecule has 0 spiro atoms. The minimum absolute atomic E-state index is 0.193. The smallest absolute Gasteiger partial charge is 0.318 e. The van der Waals surface area contributed by atoms with E-state index in [9.17, 15) is 5.11 Å². The minimum atomic E-state index is -0.193. The van der Waals surface area contributed by atoms with Crippen LogP contribution in [0.3, 0.4) is 0 Å². The molecule has 2 saturated heterocycles. The average molecular weight is 270 g/mol. The maximum atomic E-state index is 9.81. The SMILES string of the molecule is COc1ncc(Cl)c(N2C3CCC2CC(O)C3)n1. The van der Waals surface area contributed by atoms with Crippen LogP contribution in [0.1, 0.15) is 25.7 Å². The van der Waals surface area contributed by atoms with Gasteiger partial charge in [0.1, 0.15) is 5.02 Å². The van der Waals surface area contributed by atoms with Crippen molar-refractivity contribution in [3.05, 3.63) is 11.2 Å². The van der Waals surface area contributed by atoms with Crippen LogP contribution in [0.15, 0.2) is 6.20 Å². The summed E-state index contributed by atoms with van der Waals surface area (Å²) in [5.41, 5.74) is 0. The molecular weight excluding hydrogens is 254 g/mol. The largest absolute Gasteiger partial charge is 0.467 e. The van der Waals surface area contributed by atoms with Crippen LogP contribution >= 0.6 is 11.6 Å². The number of hydrogen-bond acceptors (Lipinski definition) is 5. The van der Waals surface area contributed by atoms with Gasteiger partial charge in [0.05, 0.1) is 19.4 Å². The van der Waals surface area contributed by atoms with E-state index in [1.54, 1.807) is 13.3 Å². The molecule has 6 heteroatoms. The Bertz CT molecular complexity index is 443. The van der Waals surface area contributed by atoms with Crippen LogP contribution in [0.5, 0.6) is 6.01 Å². The molecule has 1 aromatic rings. The molecule has 1 N–H and O–H groups in total. The number of hydrogen-bond donors (Lipinski definition) is 1. The third-order valence-electron chi connectivity index (χ3n) is 3.84. The molecule has 3 rings (SSSR count). The van der Waals surface area contributed by atoms with E-state index in [4.69, 9.17) is 16.3 Å². The first-order valence-corrected chi connectivity index (χ1v) is 6.59. The third kappa shape index (κ3) is 1.91. The molecule has 2 fully saturated rings. The Morgan fingerprint density at radius 1 is 1.39 bits per heavy atom. The van der Waals surface area contributed by atoms with Crippen molar-refractivity contribution in [1.82, 2.24) is 9.97 Å². The first-order valence-electron chi connectivity index (χ1n) is 6.22. The van der Waals surface area contributed by atoms with Crippen molar-refractivity contribution in [3.63, 3.8) is 0 Å². The number of halogens is 1. The lowest BCUT2D eigenvalue weighted by molar-refractivity contribution is 0.126. The van der Waals surface area contributed by atoms with Gasteiger partial charge in [-0.15, -0.1) is 0 Å². The number of rotatable bonds is 2. The number of ether oxygens (including phenoxy) is 1. The molecule has 0 amide bonds. The summed E-state index contributed by atoms with van der Waals surface area (Å²) < 4.78 is 5.06. The molecular formula is C12H16ClN3O2. The number of aliphatic hydroxyl groups excluding tert-OH is 1. The highest BCUT2D eigenvalue weighted by molar-refractivity contribution is 6.32. The van der Waals surface area contributed by atoms with Gasteiger partial charge in [0.25, 0.3) is 0 Å². The highest BCUT2D eigenvalue weighted by Crippen LogP contribution is 2.41. The van der Waals surface area contributed by atoms with Crippen LogP contribution in [-0.2, 0) is 0 Å². The number of aliphatic hydroxyl groups is 1. The van der Waals surface area contributed by atoms with Gasteiger partial charge in [-0.05, 0) is 25.7 Å².